The van der Waals surface area contributed by atoms with Crippen LogP contribution >= 0.6 is 0 Å². The number of allylic oxidation sites excluding steroid dienone is 1. The number of ether oxygens (including phenoxy) is 1. The van der Waals surface area contributed by atoms with E-state index in [0.29, 0.717) is 6.54 Å². The molecule has 0 radical (unpaired) electrons. The summed E-state index contributed by atoms with van der Waals surface area (Å²) in [6, 6.07) is 20.5. The Hall–Kier alpha value is -3.55. The third-order valence-electron chi connectivity index (χ3n) is 6.38. The number of aliphatic hydroxyl groups is 2. The van der Waals surface area contributed by atoms with Gasteiger partial charge in [0.1, 0.15) is 0 Å². The molecule has 0 unspecified atom stereocenters. The number of amides is 1. The Labute approximate surface area is 225 Å². The van der Waals surface area contributed by atoms with Crippen molar-refractivity contribution in [1.82, 2.24) is 4.90 Å². The fourth-order valence-corrected chi connectivity index (χ4v) is 4.56. The van der Waals surface area contributed by atoms with Crippen LogP contribution in [-0.2, 0) is 19.1 Å². The lowest BCUT2D eigenvalue weighted by molar-refractivity contribution is -0.156. The molecule has 7 nitrogen and oxygen atoms in total. The number of benzene rings is 2. The van der Waals surface area contributed by atoms with Crippen LogP contribution in [0.25, 0.3) is 11.1 Å². The molecule has 7 heteroatoms. The van der Waals surface area contributed by atoms with Crippen LogP contribution < -0.4 is 0 Å². The summed E-state index contributed by atoms with van der Waals surface area (Å²) in [5.74, 6) is -1.05. The molecule has 2 aromatic rings. The molecule has 4 rings (SSSR count). The van der Waals surface area contributed by atoms with Gasteiger partial charge in [-0.1, -0.05) is 60.7 Å². The number of esters is 2. The maximum atomic E-state index is 11.3. The van der Waals surface area contributed by atoms with Crippen LogP contribution in [0.1, 0.15) is 64.0 Å². The van der Waals surface area contributed by atoms with Crippen LogP contribution in [-0.4, -0.2) is 59.3 Å². The second-order valence-electron chi connectivity index (χ2n) is 9.20. The Bertz CT molecular complexity index is 1110. The largest absolute Gasteiger partial charge is 0.394 e. The van der Waals surface area contributed by atoms with Gasteiger partial charge < -0.3 is 19.8 Å². The summed E-state index contributed by atoms with van der Waals surface area (Å²) in [5, 5.41) is 18.7. The highest BCUT2D eigenvalue weighted by Gasteiger charge is 2.20. The highest BCUT2D eigenvalue weighted by Crippen LogP contribution is 2.31. The molecule has 0 fully saturated rings. The third kappa shape index (κ3) is 10.1. The van der Waals surface area contributed by atoms with Gasteiger partial charge in [-0.25, -0.2) is 0 Å². The molecule has 2 aromatic carbocycles. The normalized spacial score (nSPS) is 15.0. The Morgan fingerprint density at radius 3 is 1.61 bits per heavy atom. The van der Waals surface area contributed by atoms with Gasteiger partial charge in [0.05, 0.1) is 13.2 Å². The van der Waals surface area contributed by atoms with Crippen molar-refractivity contribution in [3.05, 3.63) is 82.9 Å². The van der Waals surface area contributed by atoms with E-state index in [-0.39, 0.29) is 19.1 Å². The minimum atomic E-state index is -0.562. The van der Waals surface area contributed by atoms with Crippen molar-refractivity contribution in [2.75, 3.05) is 26.3 Å². The average Bonchev–Trinajstić information content (AvgIpc) is 2.93. The van der Waals surface area contributed by atoms with Crippen molar-refractivity contribution in [3.8, 4) is 0 Å². The van der Waals surface area contributed by atoms with E-state index in [1.165, 1.54) is 49.0 Å². The van der Waals surface area contributed by atoms with E-state index in [1.807, 2.05) is 24.3 Å². The Balaban J connectivity index is 0.000000218. The van der Waals surface area contributed by atoms with Crippen molar-refractivity contribution in [2.45, 2.75) is 52.9 Å². The SMILES string of the molecule is CC(=O)N1CCC(c2ccccc2)=C(CO)C1.CC(=O)OC(C)=O.OCC1=C(c2ccccc2)CCCC1. The van der Waals surface area contributed by atoms with Crippen molar-refractivity contribution in [1.29, 1.82) is 0 Å². The second-order valence-corrected chi connectivity index (χ2v) is 9.20. The molecular weight excluding hydrogens is 482 g/mol. The minimum absolute atomic E-state index is 0.0218. The summed E-state index contributed by atoms with van der Waals surface area (Å²) in [5.41, 5.74) is 7.20. The first-order chi connectivity index (χ1) is 18.3. The fourth-order valence-electron chi connectivity index (χ4n) is 4.56. The minimum Gasteiger partial charge on any atom is -0.394 e. The zero-order valence-corrected chi connectivity index (χ0v) is 22.6. The predicted octanol–water partition coefficient (Wildman–Crippen LogP) is 4.79. The van der Waals surface area contributed by atoms with Gasteiger partial charge in [-0.15, -0.1) is 0 Å². The monoisotopic (exact) mass is 521 g/mol. The highest BCUT2D eigenvalue weighted by molar-refractivity contribution is 5.82. The molecule has 2 aliphatic rings. The average molecular weight is 522 g/mol. The second kappa shape index (κ2) is 16.3. The molecule has 0 atom stereocenters. The Morgan fingerprint density at radius 2 is 1.18 bits per heavy atom. The standard InChI is InChI=1S/C14H17NO2.C13H16O.C4H6O3/c1-11(17)15-8-7-14(13(9-15)10-16)12-5-3-2-4-6-12;14-10-12-8-4-5-9-13(12)11-6-2-1-3-7-11;1-3(5)7-4(2)6/h2-6,16H,7-10H2,1H3;1-3,6-7,14H,4-5,8-10H2;1-2H3. The Kier molecular flexibility index (Phi) is 13.2. The van der Waals surface area contributed by atoms with Crippen molar-refractivity contribution >= 4 is 29.0 Å². The third-order valence-corrected chi connectivity index (χ3v) is 6.38. The van der Waals surface area contributed by atoms with Crippen LogP contribution in [0.2, 0.25) is 0 Å². The lowest BCUT2D eigenvalue weighted by atomic mass is 9.88. The number of carbonyl (C=O) groups is 3. The summed E-state index contributed by atoms with van der Waals surface area (Å²) in [6.07, 6.45) is 5.50. The molecule has 2 N–H and O–H groups in total. The maximum absolute atomic E-state index is 11.3. The molecular formula is C31H39NO6. The smallest absolute Gasteiger partial charge is 0.310 e. The van der Waals surface area contributed by atoms with Gasteiger partial charge in [0, 0.05) is 33.9 Å². The number of aliphatic hydroxyl groups excluding tert-OH is 2. The molecule has 0 saturated heterocycles. The van der Waals surface area contributed by atoms with Gasteiger partial charge >= 0.3 is 11.9 Å². The van der Waals surface area contributed by atoms with E-state index in [2.05, 4.69) is 41.1 Å². The van der Waals surface area contributed by atoms with Crippen molar-refractivity contribution in [3.63, 3.8) is 0 Å². The van der Waals surface area contributed by atoms with E-state index < -0.39 is 11.9 Å². The summed E-state index contributed by atoms with van der Waals surface area (Å²) in [6.45, 7) is 5.47. The number of hydrogen-bond acceptors (Lipinski definition) is 6. The summed E-state index contributed by atoms with van der Waals surface area (Å²) < 4.78 is 3.97. The van der Waals surface area contributed by atoms with Crippen LogP contribution in [0, 0.1) is 0 Å². The lowest BCUT2D eigenvalue weighted by Gasteiger charge is -2.29. The molecule has 1 aliphatic heterocycles. The molecule has 1 amide bonds. The molecule has 0 saturated carbocycles. The molecule has 1 heterocycles. The van der Waals surface area contributed by atoms with Crippen molar-refractivity contribution in [2.24, 2.45) is 0 Å². The molecule has 204 valence electrons. The van der Waals surface area contributed by atoms with Gasteiger partial charge in [0.2, 0.25) is 5.91 Å². The fraction of sp³-hybridized carbons (Fsp3) is 0.387. The summed E-state index contributed by atoms with van der Waals surface area (Å²) in [7, 11) is 0. The van der Waals surface area contributed by atoms with Crippen LogP contribution in [0.15, 0.2) is 71.8 Å². The summed E-state index contributed by atoms with van der Waals surface area (Å²) in [4.78, 5) is 32.7. The van der Waals surface area contributed by atoms with Gasteiger partial charge in [0.25, 0.3) is 0 Å². The molecule has 0 spiro atoms. The number of carbonyl (C=O) groups excluding carboxylic acids is 3. The predicted molar refractivity (Wildman–Crippen MR) is 149 cm³/mol. The molecule has 1 aliphatic carbocycles. The molecule has 38 heavy (non-hydrogen) atoms. The van der Waals surface area contributed by atoms with Gasteiger partial charge in [-0.05, 0) is 65.5 Å². The number of hydrogen-bond donors (Lipinski definition) is 2. The highest BCUT2D eigenvalue weighted by atomic mass is 16.6. The van der Waals surface area contributed by atoms with E-state index in [0.717, 1.165) is 36.9 Å². The zero-order chi connectivity index (χ0) is 27.9. The summed E-state index contributed by atoms with van der Waals surface area (Å²) >= 11 is 0. The number of nitrogens with zero attached hydrogens (tertiary/aromatic N) is 1. The topological polar surface area (TPSA) is 104 Å². The van der Waals surface area contributed by atoms with E-state index in [1.54, 1.807) is 11.8 Å². The van der Waals surface area contributed by atoms with Crippen LogP contribution in [0.5, 0.6) is 0 Å². The van der Waals surface area contributed by atoms with E-state index in [9.17, 15) is 24.6 Å². The molecule has 0 bridgehead atoms. The zero-order valence-electron chi connectivity index (χ0n) is 22.6. The van der Waals surface area contributed by atoms with Gasteiger partial charge in [-0.2, -0.15) is 0 Å². The molecule has 0 aromatic heterocycles. The van der Waals surface area contributed by atoms with Crippen LogP contribution in [0.4, 0.5) is 0 Å². The van der Waals surface area contributed by atoms with E-state index in [4.69, 9.17) is 0 Å². The Morgan fingerprint density at radius 1 is 0.711 bits per heavy atom. The van der Waals surface area contributed by atoms with E-state index >= 15 is 0 Å². The quantitative estimate of drug-likeness (QED) is 0.443. The number of rotatable bonds is 4. The van der Waals surface area contributed by atoms with Gasteiger partial charge in [-0.3, -0.25) is 14.4 Å². The first-order valence-corrected chi connectivity index (χ1v) is 13.0. The maximum Gasteiger partial charge on any atom is 0.310 e. The van der Waals surface area contributed by atoms with Crippen LogP contribution in [0.3, 0.4) is 0 Å². The first kappa shape index (κ1) is 30.7. The first-order valence-electron chi connectivity index (χ1n) is 13.0. The lowest BCUT2D eigenvalue weighted by Crippen LogP contribution is -2.36. The van der Waals surface area contributed by atoms with Crippen molar-refractivity contribution < 1.29 is 29.3 Å². The van der Waals surface area contributed by atoms with Gasteiger partial charge in [0.15, 0.2) is 0 Å².